The fraction of sp³-hybridized carbons (Fsp3) is 0.360. The van der Waals surface area contributed by atoms with Crippen molar-refractivity contribution in [1.82, 2.24) is 14.5 Å². The van der Waals surface area contributed by atoms with Gasteiger partial charge >= 0.3 is 0 Å². The van der Waals surface area contributed by atoms with Crippen LogP contribution < -0.4 is 9.46 Å². The number of carbonyl (C=O) groups excluding carboxylic acids is 1. The van der Waals surface area contributed by atoms with Gasteiger partial charge in [-0.1, -0.05) is 59.6 Å². The van der Waals surface area contributed by atoms with Gasteiger partial charge in [-0.2, -0.15) is 0 Å². The van der Waals surface area contributed by atoms with Crippen molar-refractivity contribution in [3.63, 3.8) is 0 Å². The molecular formula is C25H29Cl2N3O4S. The topological polar surface area (TPSA) is 90.3 Å². The molecule has 1 aromatic heterocycles. The first-order valence-electron chi connectivity index (χ1n) is 11.4. The average molecular weight is 538 g/mol. The minimum atomic E-state index is -3.71. The summed E-state index contributed by atoms with van der Waals surface area (Å²) in [5, 5.41) is 5.52. The molecule has 1 amide bonds. The van der Waals surface area contributed by atoms with Gasteiger partial charge in [0.05, 0.1) is 18.4 Å². The number of hydrogen-bond acceptors (Lipinski definition) is 5. The summed E-state index contributed by atoms with van der Waals surface area (Å²) in [6.07, 6.45) is 1.25. The Morgan fingerprint density at radius 3 is 2.51 bits per heavy atom. The van der Waals surface area contributed by atoms with Crippen molar-refractivity contribution in [2.75, 3.05) is 5.75 Å². The monoisotopic (exact) mass is 537 g/mol. The number of halogens is 2. The van der Waals surface area contributed by atoms with E-state index in [1.165, 1.54) is 0 Å². The maximum Gasteiger partial charge on any atom is 0.234 e. The summed E-state index contributed by atoms with van der Waals surface area (Å²) in [6, 6.07) is 16.6. The maximum absolute atomic E-state index is 12.4. The van der Waals surface area contributed by atoms with Gasteiger partial charge in [0.1, 0.15) is 0 Å². The molecule has 0 fully saturated rings. The highest BCUT2D eigenvalue weighted by atomic mass is 35.5. The van der Waals surface area contributed by atoms with Crippen molar-refractivity contribution in [3.8, 4) is 5.88 Å². The molecule has 1 heterocycles. The molecule has 0 aliphatic carbocycles. The van der Waals surface area contributed by atoms with E-state index in [1.54, 1.807) is 22.9 Å². The maximum atomic E-state index is 12.4. The van der Waals surface area contributed by atoms with E-state index in [-0.39, 0.29) is 24.7 Å². The van der Waals surface area contributed by atoms with Crippen LogP contribution in [0.15, 0.2) is 54.6 Å². The van der Waals surface area contributed by atoms with Crippen LogP contribution >= 0.6 is 23.2 Å². The Kier molecular flexibility index (Phi) is 9.60. The van der Waals surface area contributed by atoms with Crippen molar-refractivity contribution in [2.24, 2.45) is 0 Å². The molecule has 3 aromatic rings. The van der Waals surface area contributed by atoms with Crippen LogP contribution in [-0.4, -0.2) is 36.0 Å². The van der Waals surface area contributed by atoms with Gasteiger partial charge in [0, 0.05) is 28.2 Å². The fourth-order valence-electron chi connectivity index (χ4n) is 3.51. The Morgan fingerprint density at radius 1 is 1.09 bits per heavy atom. The summed E-state index contributed by atoms with van der Waals surface area (Å²) in [4.78, 5) is 12.4. The first-order chi connectivity index (χ1) is 16.6. The third-order valence-electron chi connectivity index (χ3n) is 5.13. The van der Waals surface area contributed by atoms with Crippen molar-refractivity contribution in [1.29, 1.82) is 0 Å². The molecule has 7 nitrogen and oxygen atoms in total. The van der Waals surface area contributed by atoms with Crippen LogP contribution in [-0.2, 0) is 34.2 Å². The van der Waals surface area contributed by atoms with Gasteiger partial charge in [0.25, 0.3) is 0 Å². The molecule has 0 atom stereocenters. The zero-order valence-electron chi connectivity index (χ0n) is 19.7. The molecule has 0 bridgehead atoms. The number of nitrogens with one attached hydrogen (secondary N) is 1. The summed E-state index contributed by atoms with van der Waals surface area (Å²) in [6.45, 7) is 4.14. The number of nitrogens with zero attached hydrogens (tertiary/aromatic N) is 2. The van der Waals surface area contributed by atoms with E-state index in [0.29, 0.717) is 35.3 Å². The quantitative estimate of drug-likeness (QED) is 0.349. The van der Waals surface area contributed by atoms with Crippen LogP contribution in [0.2, 0.25) is 10.0 Å². The lowest BCUT2D eigenvalue weighted by Crippen LogP contribution is -2.33. The highest BCUT2D eigenvalue weighted by Gasteiger charge is 2.17. The van der Waals surface area contributed by atoms with Crippen LogP contribution in [0.3, 0.4) is 0 Å². The Bertz CT molecular complexity index is 1240. The Hall–Kier alpha value is -2.55. The minimum Gasteiger partial charge on any atom is -0.474 e. The summed E-state index contributed by atoms with van der Waals surface area (Å²) in [7, 11) is -3.71. The number of amides is 1. The fourth-order valence-corrected chi connectivity index (χ4v) is 5.05. The standard InChI is InChI=1S/C25H29Cl2N3O4S/c1-18(2)34-25-16-22(30(28-25)17-20-10-11-21(26)15-23(20)27)12-13-24(31)29-35(32,33)14-6-9-19-7-4-3-5-8-19/h3-5,7-8,10-11,15-16,18H,6,9,12-14,17H2,1-2H3,(H,29,31). The summed E-state index contributed by atoms with van der Waals surface area (Å²) < 4.78 is 34.3. The molecule has 0 saturated carbocycles. The number of hydrogen-bond donors (Lipinski definition) is 1. The molecule has 3 rings (SSSR count). The molecule has 1 N–H and O–H groups in total. The molecular weight excluding hydrogens is 509 g/mol. The number of aromatic nitrogens is 2. The average Bonchev–Trinajstić information content (AvgIpc) is 3.15. The third-order valence-corrected chi connectivity index (χ3v) is 7.08. The summed E-state index contributed by atoms with van der Waals surface area (Å²) >= 11 is 12.3. The predicted molar refractivity (Wildman–Crippen MR) is 139 cm³/mol. The Balaban J connectivity index is 1.60. The SMILES string of the molecule is CC(C)Oc1cc(CCC(=O)NS(=O)(=O)CCCc2ccccc2)n(Cc2ccc(Cl)cc2Cl)n1. The summed E-state index contributed by atoms with van der Waals surface area (Å²) in [5.41, 5.74) is 2.59. The molecule has 0 aliphatic rings. The van der Waals surface area contributed by atoms with Gasteiger partial charge in [-0.15, -0.1) is 5.10 Å². The summed E-state index contributed by atoms with van der Waals surface area (Å²) in [5.74, 6) is -0.255. The molecule has 0 unspecified atom stereocenters. The van der Waals surface area contributed by atoms with Gasteiger partial charge in [-0.25, -0.2) is 8.42 Å². The molecule has 35 heavy (non-hydrogen) atoms. The minimum absolute atomic E-state index is 0.0148. The van der Waals surface area contributed by atoms with Crippen LogP contribution in [0.4, 0.5) is 0 Å². The smallest absolute Gasteiger partial charge is 0.234 e. The molecule has 2 aromatic carbocycles. The lowest BCUT2D eigenvalue weighted by atomic mass is 10.1. The van der Waals surface area contributed by atoms with Gasteiger partial charge in [0.2, 0.25) is 21.8 Å². The normalized spacial score (nSPS) is 11.6. The van der Waals surface area contributed by atoms with Crippen LogP contribution in [0, 0.1) is 0 Å². The van der Waals surface area contributed by atoms with Crippen molar-refractivity contribution < 1.29 is 17.9 Å². The highest BCUT2D eigenvalue weighted by Crippen LogP contribution is 2.24. The Labute approximate surface area is 216 Å². The van der Waals surface area contributed by atoms with Crippen LogP contribution in [0.1, 0.15) is 43.5 Å². The molecule has 0 saturated heterocycles. The largest absolute Gasteiger partial charge is 0.474 e. The molecule has 0 spiro atoms. The predicted octanol–water partition coefficient (Wildman–Crippen LogP) is 5.04. The molecule has 188 valence electrons. The number of rotatable bonds is 12. The van der Waals surface area contributed by atoms with Crippen molar-refractivity contribution in [3.05, 3.63) is 81.5 Å². The van der Waals surface area contributed by atoms with Gasteiger partial charge in [0.15, 0.2) is 0 Å². The van der Waals surface area contributed by atoms with E-state index in [2.05, 4.69) is 9.82 Å². The number of carbonyl (C=O) groups is 1. The van der Waals surface area contributed by atoms with Crippen LogP contribution in [0.5, 0.6) is 5.88 Å². The first kappa shape index (κ1) is 27.0. The second kappa shape index (κ2) is 12.4. The number of ether oxygens (including phenoxy) is 1. The number of aryl methyl sites for hydroxylation is 2. The zero-order valence-corrected chi connectivity index (χ0v) is 22.0. The Morgan fingerprint density at radius 2 is 1.83 bits per heavy atom. The van der Waals surface area contributed by atoms with Crippen LogP contribution in [0.25, 0.3) is 0 Å². The lowest BCUT2D eigenvalue weighted by molar-refractivity contribution is -0.119. The second-order valence-electron chi connectivity index (χ2n) is 8.47. The molecule has 0 aliphatic heterocycles. The number of benzene rings is 2. The van der Waals surface area contributed by atoms with E-state index < -0.39 is 15.9 Å². The number of sulfonamides is 1. The van der Waals surface area contributed by atoms with Gasteiger partial charge in [-0.05, 0) is 56.4 Å². The molecule has 0 radical (unpaired) electrons. The molecule has 10 heteroatoms. The zero-order chi connectivity index (χ0) is 25.4. The lowest BCUT2D eigenvalue weighted by Gasteiger charge is -2.10. The van der Waals surface area contributed by atoms with E-state index in [1.807, 2.05) is 50.2 Å². The van der Waals surface area contributed by atoms with Crippen molar-refractivity contribution >= 4 is 39.1 Å². The third kappa shape index (κ3) is 8.87. The van der Waals surface area contributed by atoms with Crippen molar-refractivity contribution in [2.45, 2.75) is 52.2 Å². The second-order valence-corrected chi connectivity index (χ2v) is 11.2. The van der Waals surface area contributed by atoms with E-state index in [4.69, 9.17) is 27.9 Å². The van der Waals surface area contributed by atoms with E-state index in [0.717, 1.165) is 16.8 Å². The van der Waals surface area contributed by atoms with Gasteiger partial charge < -0.3 is 4.74 Å². The first-order valence-corrected chi connectivity index (χ1v) is 13.8. The van der Waals surface area contributed by atoms with E-state index in [9.17, 15) is 13.2 Å². The van der Waals surface area contributed by atoms with E-state index >= 15 is 0 Å². The van der Waals surface area contributed by atoms with Gasteiger partial charge in [-0.3, -0.25) is 14.2 Å². The highest BCUT2D eigenvalue weighted by molar-refractivity contribution is 7.90.